The Morgan fingerprint density at radius 3 is 1.81 bits per heavy atom. The number of rotatable bonds is 6. The zero-order valence-corrected chi connectivity index (χ0v) is 34.9. The molecule has 0 aliphatic carbocycles. The maximum atomic E-state index is 9.11. The summed E-state index contributed by atoms with van der Waals surface area (Å²) in [6.45, 7) is 0. The third-order valence-corrected chi connectivity index (χ3v) is 13.5. The summed E-state index contributed by atoms with van der Waals surface area (Å²) in [7, 11) is 0. The molecule has 0 radical (unpaired) electrons. The maximum absolute atomic E-state index is 9.11. The number of nitrogens with zero attached hydrogens (tertiary/aromatic N) is 4. The van der Waals surface area contributed by atoms with Gasteiger partial charge in [-0.15, -0.1) is 11.3 Å². The van der Waals surface area contributed by atoms with E-state index in [1.54, 1.807) is 11.3 Å². The summed E-state index contributed by atoms with van der Waals surface area (Å²) in [5.74, 6) is 0.609. The smallest absolute Gasteiger partial charge is 0.165 e. The third-order valence-electron chi connectivity index (χ3n) is 12.3. The van der Waals surface area contributed by atoms with Crippen LogP contribution in [-0.2, 0) is 0 Å². The normalized spacial score (nSPS) is 12.8. The summed E-state index contributed by atoms with van der Waals surface area (Å²) in [6.07, 6.45) is 0. The van der Waals surface area contributed by atoms with Gasteiger partial charge in [0.2, 0.25) is 0 Å². The van der Waals surface area contributed by atoms with Gasteiger partial charge in [0.1, 0.15) is 0 Å². The van der Waals surface area contributed by atoms with Crippen LogP contribution in [0.1, 0.15) is 6.85 Å². The third kappa shape index (κ3) is 5.93. The van der Waals surface area contributed by atoms with Crippen molar-refractivity contribution >= 4 is 74.9 Å². The molecule has 4 nitrogen and oxygen atoms in total. The van der Waals surface area contributed by atoms with E-state index >= 15 is 0 Å². The van der Waals surface area contributed by atoms with Gasteiger partial charge in [0.15, 0.2) is 17.5 Å². The van der Waals surface area contributed by atoms with Gasteiger partial charge in [0, 0.05) is 53.3 Å². The minimum Gasteiger partial charge on any atom is -0.309 e. The molecule has 0 atom stereocenters. The van der Waals surface area contributed by atoms with Crippen molar-refractivity contribution in [1.82, 2.24) is 19.5 Å². The van der Waals surface area contributed by atoms with Crippen molar-refractivity contribution in [3.8, 4) is 62.1 Å². The van der Waals surface area contributed by atoms with Gasteiger partial charge in [-0.2, -0.15) is 0 Å². The monoisotopic (exact) mass is 837 g/mol. The second-order valence-corrected chi connectivity index (χ2v) is 17.0. The summed E-state index contributed by atoms with van der Waals surface area (Å²) >= 11 is 1.66. The highest BCUT2D eigenvalue weighted by atomic mass is 32.1. The molecule has 13 aromatic rings. The molecular weight excluding hydrogens is 797 g/mol. The van der Waals surface area contributed by atoms with Gasteiger partial charge < -0.3 is 4.57 Å². The molecule has 0 amide bonds. The van der Waals surface area contributed by atoms with Gasteiger partial charge in [-0.3, -0.25) is 0 Å². The topological polar surface area (TPSA) is 43.6 Å². The Morgan fingerprint density at radius 2 is 1.02 bits per heavy atom. The quantitative estimate of drug-likeness (QED) is 0.157. The number of aromatic nitrogens is 4. The minimum absolute atomic E-state index is 0.0139. The zero-order chi connectivity index (χ0) is 46.5. The first-order valence-electron chi connectivity index (χ1n) is 23.7. The van der Waals surface area contributed by atoms with E-state index in [9.17, 15) is 0 Å². The summed E-state index contributed by atoms with van der Waals surface area (Å²) in [5.41, 5.74) is 8.73. The number of hydrogen-bond donors (Lipinski definition) is 0. The van der Waals surface area contributed by atoms with Crippen molar-refractivity contribution < 1.29 is 6.85 Å². The van der Waals surface area contributed by atoms with Crippen molar-refractivity contribution in [2.45, 2.75) is 0 Å². The van der Waals surface area contributed by atoms with Crippen molar-refractivity contribution in [2.24, 2.45) is 0 Å². The molecule has 3 aromatic heterocycles. The molecule has 298 valence electrons. The Morgan fingerprint density at radius 1 is 0.391 bits per heavy atom. The molecule has 0 saturated heterocycles. The van der Waals surface area contributed by atoms with Gasteiger partial charge in [-0.25, -0.2) is 15.0 Å². The van der Waals surface area contributed by atoms with Gasteiger partial charge in [-0.1, -0.05) is 176 Å². The minimum atomic E-state index is -0.486. The summed E-state index contributed by atoms with van der Waals surface area (Å²) in [5, 5.41) is 8.58. The summed E-state index contributed by atoms with van der Waals surface area (Å²) in [6, 6.07) is 63.2. The average Bonchev–Trinajstić information content (AvgIpc) is 3.95. The van der Waals surface area contributed by atoms with E-state index in [1.165, 1.54) is 0 Å². The molecule has 10 aromatic carbocycles. The number of hydrogen-bond acceptors (Lipinski definition) is 4. The molecule has 5 heteroatoms. The Balaban J connectivity index is 1.14. The lowest BCUT2D eigenvalue weighted by atomic mass is 9.95. The molecule has 0 N–H and O–H groups in total. The van der Waals surface area contributed by atoms with Crippen LogP contribution in [0.25, 0.3) is 126 Å². The molecule has 0 unspecified atom stereocenters. The fourth-order valence-electron chi connectivity index (χ4n) is 9.39. The van der Waals surface area contributed by atoms with Gasteiger partial charge in [-0.05, 0) is 86.3 Å². The van der Waals surface area contributed by atoms with Crippen LogP contribution in [0.2, 0.25) is 0 Å². The summed E-state index contributed by atoms with van der Waals surface area (Å²) < 4.78 is 48.3. The van der Waals surface area contributed by atoms with Crippen LogP contribution < -0.4 is 0 Å². The predicted octanol–water partition coefficient (Wildman–Crippen LogP) is 16.0. The van der Waals surface area contributed by atoms with Crippen LogP contribution in [0.4, 0.5) is 0 Å². The van der Waals surface area contributed by atoms with E-state index in [-0.39, 0.29) is 23.5 Å². The first-order valence-corrected chi connectivity index (χ1v) is 22.0. The van der Waals surface area contributed by atoms with Gasteiger partial charge >= 0.3 is 0 Å². The molecule has 0 fully saturated rings. The van der Waals surface area contributed by atoms with Gasteiger partial charge in [0.05, 0.1) is 17.9 Å². The zero-order valence-electron chi connectivity index (χ0n) is 39.1. The van der Waals surface area contributed by atoms with E-state index in [0.717, 1.165) is 97.0 Å². The van der Waals surface area contributed by atoms with E-state index in [4.69, 9.17) is 21.8 Å². The van der Waals surface area contributed by atoms with Crippen LogP contribution in [0.3, 0.4) is 0 Å². The SMILES string of the molecule is [2H]c1c([2H])c([2H])c(-c2nc(-c3ccc4ccc5ccccc5c4c3)nc(-c3cc(-n4c5ccccc5c5ccccc54)cc4c3sc3cccc(-c5cccc(-c6ccccc6)c5)c34)n2)c([2H])c1[2H]. The van der Waals surface area contributed by atoms with Crippen LogP contribution in [-0.4, -0.2) is 19.5 Å². The number of benzene rings is 10. The van der Waals surface area contributed by atoms with E-state index in [2.05, 4.69) is 162 Å². The molecule has 0 bridgehead atoms. The average molecular weight is 838 g/mol. The lowest BCUT2D eigenvalue weighted by Crippen LogP contribution is -2.01. The lowest BCUT2D eigenvalue weighted by molar-refractivity contribution is 1.08. The van der Waals surface area contributed by atoms with E-state index in [1.807, 2.05) is 30.3 Å². The highest BCUT2D eigenvalue weighted by molar-refractivity contribution is 7.26. The van der Waals surface area contributed by atoms with Crippen LogP contribution in [0, 0.1) is 0 Å². The highest BCUT2D eigenvalue weighted by Gasteiger charge is 2.22. The van der Waals surface area contributed by atoms with Crippen LogP contribution in [0.15, 0.2) is 218 Å². The first kappa shape index (κ1) is 31.6. The van der Waals surface area contributed by atoms with Crippen molar-refractivity contribution in [3.05, 3.63) is 218 Å². The van der Waals surface area contributed by atoms with Crippen LogP contribution >= 0.6 is 11.3 Å². The van der Waals surface area contributed by atoms with Crippen molar-refractivity contribution in [2.75, 3.05) is 0 Å². The second-order valence-electron chi connectivity index (χ2n) is 16.0. The molecule has 13 rings (SSSR count). The van der Waals surface area contributed by atoms with Crippen molar-refractivity contribution in [1.29, 1.82) is 0 Å². The van der Waals surface area contributed by atoms with Crippen LogP contribution in [0.5, 0.6) is 0 Å². The Hall–Kier alpha value is -8.25. The Kier molecular flexibility index (Phi) is 7.25. The molecule has 64 heavy (non-hydrogen) atoms. The number of fused-ring (bicyclic) bond motifs is 9. The number of para-hydroxylation sites is 2. The molecule has 0 aliphatic rings. The van der Waals surface area contributed by atoms with E-state index < -0.39 is 18.1 Å². The molecule has 0 aliphatic heterocycles. The molecule has 3 heterocycles. The largest absolute Gasteiger partial charge is 0.309 e. The van der Waals surface area contributed by atoms with Gasteiger partial charge in [0.25, 0.3) is 0 Å². The molecular formula is C59H36N4S. The predicted molar refractivity (Wildman–Crippen MR) is 269 cm³/mol. The second kappa shape index (κ2) is 14.7. The fraction of sp³-hybridized carbons (Fsp3) is 0. The fourth-order valence-corrected chi connectivity index (χ4v) is 10.6. The number of thiophene rings is 1. The lowest BCUT2D eigenvalue weighted by Gasteiger charge is -2.14. The van der Waals surface area contributed by atoms with E-state index in [0.29, 0.717) is 17.2 Å². The Bertz CT molecular complexity index is 4200. The standard InChI is InChI=1S/C59H36N4S/c1-3-15-37(16-4-1)41-20-13-21-42(33-41)46-25-14-28-54-55(46)50-35-44(63-52-26-11-9-23-47(52)48-24-10-12-27-53(48)63)36-51(56(50)64-54)59-61-57(40-18-5-2-6-19-40)60-58(62-59)43-32-31-39-30-29-38-17-7-8-22-45(38)49(39)34-43/h1-36H/i2D,5D,6D,18D,19D. The molecule has 0 saturated carbocycles. The van der Waals surface area contributed by atoms with Crippen molar-refractivity contribution in [3.63, 3.8) is 0 Å². The summed E-state index contributed by atoms with van der Waals surface area (Å²) in [4.78, 5) is 15.5. The molecule has 0 spiro atoms. The highest BCUT2D eigenvalue weighted by Crippen LogP contribution is 2.46. The first-order chi connectivity index (χ1) is 33.8. The Labute approximate surface area is 380 Å². The maximum Gasteiger partial charge on any atom is 0.165 e.